The number of aromatic hydroxyl groups is 2. The van der Waals surface area contributed by atoms with Crippen LogP contribution in [0.15, 0.2) is 48.8 Å². The SMILES string of the molecule is O=C1c2c(c3c4cc(C5C=CC=CO5)c(O)c(C5O[C@H](CO)[C@@H](O)[C@H](O)[C@H]5O)c4[nH]c3c3[nH]c4cc(O)ccc4c23)C(=O)N1NC(CO)CO. The molecule has 3 aliphatic heterocycles. The molecule has 5 aromatic rings. The minimum Gasteiger partial charge on any atom is -0.508 e. The average molecular weight is 689 g/mol. The van der Waals surface area contributed by atoms with Gasteiger partial charge < -0.3 is 60.3 Å². The lowest BCUT2D eigenvalue weighted by molar-refractivity contribution is -0.231. The molecule has 3 aromatic carbocycles. The predicted molar refractivity (Wildman–Crippen MR) is 175 cm³/mol. The summed E-state index contributed by atoms with van der Waals surface area (Å²) in [5.74, 6) is -2.06. The molecule has 2 amide bonds. The number of rotatable bonds is 7. The van der Waals surface area contributed by atoms with Gasteiger partial charge in [0.2, 0.25) is 0 Å². The van der Waals surface area contributed by atoms with E-state index in [9.17, 15) is 50.4 Å². The van der Waals surface area contributed by atoms with Crippen molar-refractivity contribution in [1.29, 1.82) is 0 Å². The number of carbonyl (C=O) groups excluding carboxylic acids is 2. The monoisotopic (exact) mass is 688 g/mol. The molecular formula is C34H32N4O12. The van der Waals surface area contributed by atoms with E-state index in [1.165, 1.54) is 18.4 Å². The zero-order valence-corrected chi connectivity index (χ0v) is 25.9. The highest BCUT2D eigenvalue weighted by atomic mass is 16.5. The number of amides is 2. The Bertz CT molecular complexity index is 2290. The summed E-state index contributed by atoms with van der Waals surface area (Å²) in [6.07, 6.45) is -2.64. The Morgan fingerprint density at radius 1 is 0.840 bits per heavy atom. The van der Waals surface area contributed by atoms with Crippen LogP contribution in [0.4, 0.5) is 0 Å². The van der Waals surface area contributed by atoms with Crippen molar-refractivity contribution >= 4 is 55.4 Å². The van der Waals surface area contributed by atoms with Crippen molar-refractivity contribution in [1.82, 2.24) is 20.4 Å². The Morgan fingerprint density at radius 3 is 2.20 bits per heavy atom. The summed E-state index contributed by atoms with van der Waals surface area (Å²) in [7, 11) is 0. The van der Waals surface area contributed by atoms with Crippen molar-refractivity contribution < 1.29 is 59.9 Å². The molecule has 1 saturated heterocycles. The number of phenols is 2. The van der Waals surface area contributed by atoms with E-state index in [1.54, 1.807) is 30.4 Å². The first-order chi connectivity index (χ1) is 24.1. The lowest BCUT2D eigenvalue weighted by atomic mass is 9.87. The number of aliphatic hydroxyl groups is 6. The molecule has 0 spiro atoms. The Kier molecular flexibility index (Phi) is 7.59. The van der Waals surface area contributed by atoms with Crippen LogP contribution in [0.25, 0.3) is 43.6 Å². The lowest BCUT2D eigenvalue weighted by Crippen LogP contribution is -2.55. The molecule has 260 valence electrons. The number of carbonyl (C=O) groups is 2. The number of hydrogen-bond donors (Lipinski definition) is 11. The molecule has 50 heavy (non-hydrogen) atoms. The van der Waals surface area contributed by atoms with E-state index in [1.807, 2.05) is 0 Å². The van der Waals surface area contributed by atoms with Gasteiger partial charge >= 0.3 is 0 Å². The third-order valence-corrected chi connectivity index (χ3v) is 9.69. The Labute approximate surface area is 280 Å². The number of aliphatic hydroxyl groups excluding tert-OH is 6. The molecule has 2 unspecified atom stereocenters. The van der Waals surface area contributed by atoms with Gasteiger partial charge in [-0.05, 0) is 30.4 Å². The third kappa shape index (κ3) is 4.48. The maximum atomic E-state index is 14.3. The van der Waals surface area contributed by atoms with Crippen molar-refractivity contribution in [3.63, 3.8) is 0 Å². The number of aromatic nitrogens is 2. The zero-order chi connectivity index (χ0) is 35.2. The summed E-state index contributed by atoms with van der Waals surface area (Å²) in [6, 6.07) is 4.96. The second-order valence-corrected chi connectivity index (χ2v) is 12.5. The molecule has 16 heteroatoms. The highest BCUT2D eigenvalue weighted by molar-refractivity contribution is 6.39. The number of hydrogen-bond acceptors (Lipinski definition) is 13. The minimum absolute atomic E-state index is 0.0155. The molecular weight excluding hydrogens is 656 g/mol. The molecule has 8 rings (SSSR count). The molecule has 6 atom stereocenters. The average Bonchev–Trinajstić information content (AvgIpc) is 3.76. The van der Waals surface area contributed by atoms with Gasteiger partial charge in [0.15, 0.2) is 0 Å². The quantitative estimate of drug-likeness (QED) is 0.104. The van der Waals surface area contributed by atoms with Crippen molar-refractivity contribution in [2.24, 2.45) is 0 Å². The maximum absolute atomic E-state index is 14.3. The van der Waals surface area contributed by atoms with Gasteiger partial charge in [-0.1, -0.05) is 6.08 Å². The number of ether oxygens (including phenoxy) is 2. The summed E-state index contributed by atoms with van der Waals surface area (Å²) < 4.78 is 11.7. The molecule has 11 N–H and O–H groups in total. The molecule has 0 radical (unpaired) electrons. The van der Waals surface area contributed by atoms with Gasteiger partial charge in [0, 0.05) is 38.7 Å². The van der Waals surface area contributed by atoms with Crippen LogP contribution in [0, 0.1) is 0 Å². The summed E-state index contributed by atoms with van der Waals surface area (Å²) >= 11 is 0. The molecule has 1 fully saturated rings. The van der Waals surface area contributed by atoms with Crippen LogP contribution in [0.1, 0.15) is 44.1 Å². The standard InChI is InChI=1S/C34H32N4O12/c39-9-12(10-40)37-38-33(47)22-20-14-5-4-13(42)7-17(14)35-26(20)27-21(23(22)34(38)48)16-8-15(18-3-1-2-6-49-18)28(43)24(25(16)36-27)32-31(46)30(45)29(44)19(11-41)50-32/h1-8,12,18-19,29-32,35-37,39-46H,9-11H2/t18?,19-,29-,30+,31-,32?/m1/s1. The van der Waals surface area contributed by atoms with Crippen LogP contribution in [0.2, 0.25) is 0 Å². The van der Waals surface area contributed by atoms with E-state index in [2.05, 4.69) is 15.4 Å². The van der Waals surface area contributed by atoms with Gasteiger partial charge in [0.25, 0.3) is 11.8 Å². The second kappa shape index (κ2) is 11.8. The Morgan fingerprint density at radius 2 is 1.54 bits per heavy atom. The minimum atomic E-state index is -1.80. The van der Waals surface area contributed by atoms with Gasteiger partial charge in [-0.3, -0.25) is 9.59 Å². The van der Waals surface area contributed by atoms with Gasteiger partial charge in [0.1, 0.15) is 48.1 Å². The van der Waals surface area contributed by atoms with Crippen LogP contribution in [0.3, 0.4) is 0 Å². The fourth-order valence-electron chi connectivity index (χ4n) is 7.28. The fourth-order valence-corrected chi connectivity index (χ4v) is 7.28. The summed E-state index contributed by atoms with van der Waals surface area (Å²) in [6.45, 7) is -1.92. The predicted octanol–water partition coefficient (Wildman–Crippen LogP) is 0.477. The first kappa shape index (κ1) is 32.2. The molecule has 0 aliphatic carbocycles. The normalized spacial score (nSPS) is 25.2. The fraction of sp³-hybridized carbons (Fsp3) is 0.294. The van der Waals surface area contributed by atoms with Crippen molar-refractivity contribution in [3.05, 3.63) is 71.0 Å². The van der Waals surface area contributed by atoms with Crippen molar-refractivity contribution in [3.8, 4) is 11.5 Å². The van der Waals surface area contributed by atoms with Gasteiger partial charge in [0.05, 0.1) is 65.3 Å². The number of H-pyrrole nitrogens is 2. The highest BCUT2D eigenvalue weighted by Crippen LogP contribution is 2.50. The number of allylic oxidation sites excluding steroid dienone is 2. The van der Waals surface area contributed by atoms with Crippen molar-refractivity contribution in [2.45, 2.75) is 42.7 Å². The van der Waals surface area contributed by atoms with E-state index < -0.39 is 80.1 Å². The Hall–Kier alpha value is -5.04. The highest BCUT2D eigenvalue weighted by Gasteiger charge is 2.47. The van der Waals surface area contributed by atoms with E-state index in [4.69, 9.17) is 9.47 Å². The van der Waals surface area contributed by atoms with E-state index in [-0.39, 0.29) is 49.8 Å². The summed E-state index contributed by atoms with van der Waals surface area (Å²) in [5.41, 5.74) is 3.80. The van der Waals surface area contributed by atoms with Crippen LogP contribution >= 0.6 is 0 Å². The van der Waals surface area contributed by atoms with Crippen LogP contribution in [-0.4, -0.2) is 118 Å². The molecule has 16 nitrogen and oxygen atoms in total. The molecule has 0 saturated carbocycles. The number of nitrogens with zero attached hydrogens (tertiary/aromatic N) is 1. The second-order valence-electron chi connectivity index (χ2n) is 12.5. The number of fused-ring (bicyclic) bond motifs is 10. The van der Waals surface area contributed by atoms with Crippen LogP contribution in [0.5, 0.6) is 11.5 Å². The smallest absolute Gasteiger partial charge is 0.276 e. The molecule has 0 bridgehead atoms. The van der Waals surface area contributed by atoms with E-state index in [0.717, 1.165) is 5.01 Å². The largest absolute Gasteiger partial charge is 0.508 e. The maximum Gasteiger partial charge on any atom is 0.276 e. The number of hydrazine groups is 1. The van der Waals surface area contributed by atoms with Crippen molar-refractivity contribution in [2.75, 3.05) is 19.8 Å². The van der Waals surface area contributed by atoms with Gasteiger partial charge in [-0.15, -0.1) is 0 Å². The Balaban J connectivity index is 1.50. The van der Waals surface area contributed by atoms with Gasteiger partial charge in [-0.25, -0.2) is 10.4 Å². The van der Waals surface area contributed by atoms with E-state index in [0.29, 0.717) is 21.8 Å². The van der Waals surface area contributed by atoms with E-state index >= 15 is 0 Å². The number of benzene rings is 3. The topological polar surface area (TPSA) is 261 Å². The zero-order valence-electron chi connectivity index (χ0n) is 25.9. The van der Waals surface area contributed by atoms with Crippen LogP contribution in [-0.2, 0) is 9.47 Å². The summed E-state index contributed by atoms with van der Waals surface area (Å²) in [4.78, 5) is 34.9. The number of phenolic OH excluding ortho intramolecular Hbond substituents is 2. The number of aromatic amines is 2. The molecule has 3 aliphatic rings. The first-order valence-electron chi connectivity index (χ1n) is 15.8. The number of nitrogens with one attached hydrogen (secondary N) is 3. The number of imide groups is 1. The lowest BCUT2D eigenvalue weighted by Gasteiger charge is -2.40. The third-order valence-electron chi connectivity index (χ3n) is 9.69. The molecule has 2 aromatic heterocycles. The summed E-state index contributed by atoms with van der Waals surface area (Å²) in [5, 5.41) is 86.2. The first-order valence-corrected chi connectivity index (χ1v) is 15.8. The van der Waals surface area contributed by atoms with Gasteiger partial charge in [-0.2, -0.15) is 0 Å². The molecule has 5 heterocycles. The van der Waals surface area contributed by atoms with Crippen LogP contribution < -0.4 is 5.43 Å².